The first-order valence-corrected chi connectivity index (χ1v) is 4.35. The first-order chi connectivity index (χ1) is 6.25. The van der Waals surface area contributed by atoms with Crippen molar-refractivity contribution in [3.8, 4) is 0 Å². The maximum Gasteiger partial charge on any atom is 0.320 e. The van der Waals surface area contributed by atoms with E-state index in [1.807, 2.05) is 12.2 Å². The van der Waals surface area contributed by atoms with Gasteiger partial charge in [0.1, 0.15) is 5.92 Å². The number of rotatable bonds is 0. The molecule has 0 unspecified atom stereocenters. The Balaban J connectivity index is 2.00. The zero-order valence-corrected chi connectivity index (χ0v) is 6.80. The van der Waals surface area contributed by atoms with E-state index >= 15 is 0 Å². The highest BCUT2D eigenvalue weighted by Crippen LogP contribution is 2.40. The molecule has 3 aliphatic heterocycles. The maximum absolute atomic E-state index is 11.2. The topological polar surface area (TPSA) is 52.6 Å². The second kappa shape index (κ2) is 2.20. The lowest BCUT2D eigenvalue weighted by Gasteiger charge is -2.27. The van der Waals surface area contributed by atoms with E-state index < -0.39 is 5.97 Å². The lowest BCUT2D eigenvalue weighted by molar-refractivity contribution is -0.154. The second-order valence-electron chi connectivity index (χ2n) is 3.63. The van der Waals surface area contributed by atoms with Crippen LogP contribution in [-0.2, 0) is 19.1 Å². The number of fused-ring (bicyclic) bond motifs is 4. The Kier molecular flexibility index (Phi) is 1.23. The van der Waals surface area contributed by atoms with E-state index in [2.05, 4.69) is 4.74 Å². The van der Waals surface area contributed by atoms with Gasteiger partial charge in [0, 0.05) is 0 Å². The molecule has 0 spiro atoms. The van der Waals surface area contributed by atoms with Crippen molar-refractivity contribution in [1.82, 2.24) is 0 Å². The SMILES string of the molecule is O=C1OC(=O)[C@@H]2C[C@H]3C=C[C@H](O3)[C@@H]12. The summed E-state index contributed by atoms with van der Waals surface area (Å²) in [6.45, 7) is 0. The zero-order valence-electron chi connectivity index (χ0n) is 6.80. The van der Waals surface area contributed by atoms with E-state index in [1.165, 1.54) is 0 Å². The molecule has 4 nitrogen and oxygen atoms in total. The van der Waals surface area contributed by atoms with Crippen molar-refractivity contribution in [3.05, 3.63) is 12.2 Å². The molecule has 2 fully saturated rings. The van der Waals surface area contributed by atoms with Gasteiger partial charge >= 0.3 is 11.9 Å². The predicted octanol–water partition coefficient (Wildman–Crippen LogP) is 0.0295. The lowest BCUT2D eigenvalue weighted by Crippen LogP contribution is -2.37. The van der Waals surface area contributed by atoms with Crippen LogP contribution in [-0.4, -0.2) is 24.1 Å². The van der Waals surface area contributed by atoms with Gasteiger partial charge in [-0.1, -0.05) is 12.2 Å². The number of esters is 2. The van der Waals surface area contributed by atoms with E-state index in [1.54, 1.807) is 0 Å². The van der Waals surface area contributed by atoms with Gasteiger partial charge in [-0.3, -0.25) is 9.59 Å². The molecule has 0 N–H and O–H groups in total. The summed E-state index contributed by atoms with van der Waals surface area (Å²) < 4.78 is 10.0. The molecule has 3 heterocycles. The van der Waals surface area contributed by atoms with Gasteiger partial charge in [0.25, 0.3) is 0 Å². The molecule has 0 aromatic carbocycles. The Hall–Kier alpha value is -1.16. The van der Waals surface area contributed by atoms with Crippen LogP contribution in [0, 0.1) is 11.8 Å². The standard InChI is InChI=1S/C9H8O4/c10-8-5-3-4-1-2-6(12-4)7(5)9(11)13-8/h1-2,4-7H,3H2/t4-,5-,6+,7+/m1/s1. The quantitative estimate of drug-likeness (QED) is 0.300. The maximum atomic E-state index is 11.2. The molecule has 13 heavy (non-hydrogen) atoms. The minimum absolute atomic E-state index is 0.00435. The first-order valence-electron chi connectivity index (χ1n) is 4.35. The molecule has 0 saturated carbocycles. The average molecular weight is 180 g/mol. The number of cyclic esters (lactones) is 2. The number of carbonyl (C=O) groups excluding carboxylic acids is 2. The van der Waals surface area contributed by atoms with Crippen molar-refractivity contribution in [2.75, 3.05) is 0 Å². The third-order valence-corrected chi connectivity index (χ3v) is 2.90. The van der Waals surface area contributed by atoms with Gasteiger partial charge in [-0.25, -0.2) is 0 Å². The van der Waals surface area contributed by atoms with Gasteiger partial charge < -0.3 is 9.47 Å². The van der Waals surface area contributed by atoms with Gasteiger partial charge in [-0.2, -0.15) is 0 Å². The molecule has 0 aromatic heterocycles. The summed E-state index contributed by atoms with van der Waals surface area (Å²) in [5.41, 5.74) is 0. The van der Waals surface area contributed by atoms with E-state index in [9.17, 15) is 9.59 Å². The molecule has 2 saturated heterocycles. The van der Waals surface area contributed by atoms with Gasteiger partial charge in [-0.15, -0.1) is 0 Å². The van der Waals surface area contributed by atoms with Crippen molar-refractivity contribution in [2.45, 2.75) is 18.6 Å². The second-order valence-corrected chi connectivity index (χ2v) is 3.63. The fourth-order valence-electron chi connectivity index (χ4n) is 2.27. The number of carbonyl (C=O) groups is 2. The van der Waals surface area contributed by atoms with Crippen molar-refractivity contribution in [2.24, 2.45) is 11.8 Å². The molecule has 3 aliphatic rings. The molecule has 68 valence electrons. The highest BCUT2D eigenvalue weighted by Gasteiger charge is 2.53. The molecule has 0 aromatic rings. The Morgan fingerprint density at radius 3 is 2.92 bits per heavy atom. The van der Waals surface area contributed by atoms with Crippen LogP contribution in [0.5, 0.6) is 0 Å². The van der Waals surface area contributed by atoms with Crippen LogP contribution >= 0.6 is 0 Å². The molecule has 3 rings (SSSR count). The van der Waals surface area contributed by atoms with Gasteiger partial charge in [0.15, 0.2) is 0 Å². The number of hydrogen-bond acceptors (Lipinski definition) is 4. The van der Waals surface area contributed by atoms with Crippen molar-refractivity contribution >= 4 is 11.9 Å². The van der Waals surface area contributed by atoms with Crippen LogP contribution < -0.4 is 0 Å². The summed E-state index contributed by atoms with van der Waals surface area (Å²) in [4.78, 5) is 22.5. The Labute approximate surface area is 74.5 Å². The Morgan fingerprint density at radius 2 is 2.08 bits per heavy atom. The molecular formula is C9H8O4. The van der Waals surface area contributed by atoms with Crippen LogP contribution in [0.4, 0.5) is 0 Å². The lowest BCUT2D eigenvalue weighted by atomic mass is 9.86. The third-order valence-electron chi connectivity index (χ3n) is 2.90. The summed E-state index contributed by atoms with van der Waals surface area (Å²) in [6.07, 6.45) is 4.13. The minimum Gasteiger partial charge on any atom is -0.393 e. The summed E-state index contributed by atoms with van der Waals surface area (Å²) in [6, 6.07) is 0. The van der Waals surface area contributed by atoms with Crippen LogP contribution in [0.15, 0.2) is 12.2 Å². The highest BCUT2D eigenvalue weighted by molar-refractivity contribution is 5.97. The molecule has 4 heteroatoms. The average Bonchev–Trinajstić information content (AvgIpc) is 2.58. The van der Waals surface area contributed by atoms with E-state index in [0.29, 0.717) is 6.42 Å². The smallest absolute Gasteiger partial charge is 0.320 e. The van der Waals surface area contributed by atoms with Crippen LogP contribution in [0.2, 0.25) is 0 Å². The van der Waals surface area contributed by atoms with E-state index in [-0.39, 0.29) is 30.0 Å². The zero-order chi connectivity index (χ0) is 9.00. The van der Waals surface area contributed by atoms with Gasteiger partial charge in [0.2, 0.25) is 0 Å². The van der Waals surface area contributed by atoms with Crippen LogP contribution in [0.1, 0.15) is 6.42 Å². The summed E-state index contributed by atoms with van der Waals surface area (Å²) in [5.74, 6) is -1.46. The molecular weight excluding hydrogens is 172 g/mol. The molecule has 4 atom stereocenters. The molecule has 2 bridgehead atoms. The number of ether oxygens (including phenoxy) is 2. The monoisotopic (exact) mass is 180 g/mol. The van der Waals surface area contributed by atoms with E-state index in [4.69, 9.17) is 4.74 Å². The summed E-state index contributed by atoms with van der Waals surface area (Å²) >= 11 is 0. The summed E-state index contributed by atoms with van der Waals surface area (Å²) in [7, 11) is 0. The van der Waals surface area contributed by atoms with Crippen LogP contribution in [0.25, 0.3) is 0 Å². The van der Waals surface area contributed by atoms with Crippen LogP contribution in [0.3, 0.4) is 0 Å². The fraction of sp³-hybridized carbons (Fsp3) is 0.556. The number of hydrogen-bond donors (Lipinski definition) is 0. The normalized spacial score (nSPS) is 46.5. The minimum atomic E-state index is -0.426. The summed E-state index contributed by atoms with van der Waals surface area (Å²) in [5, 5.41) is 0. The molecule has 0 amide bonds. The fourth-order valence-corrected chi connectivity index (χ4v) is 2.27. The Morgan fingerprint density at radius 1 is 1.23 bits per heavy atom. The van der Waals surface area contributed by atoms with E-state index in [0.717, 1.165) is 0 Å². The first kappa shape index (κ1) is 7.26. The molecule has 0 aliphatic carbocycles. The van der Waals surface area contributed by atoms with Crippen molar-refractivity contribution < 1.29 is 19.1 Å². The van der Waals surface area contributed by atoms with Gasteiger partial charge in [0.05, 0.1) is 18.1 Å². The largest absolute Gasteiger partial charge is 0.393 e. The van der Waals surface area contributed by atoms with Gasteiger partial charge in [-0.05, 0) is 6.42 Å². The predicted molar refractivity (Wildman–Crippen MR) is 40.5 cm³/mol. The highest BCUT2D eigenvalue weighted by atomic mass is 16.6. The van der Waals surface area contributed by atoms with Crippen molar-refractivity contribution in [3.63, 3.8) is 0 Å². The van der Waals surface area contributed by atoms with Crippen molar-refractivity contribution in [1.29, 1.82) is 0 Å². The Bertz CT molecular complexity index is 320. The molecule has 0 radical (unpaired) electrons. The third kappa shape index (κ3) is 0.836.